The molecule has 2 heterocycles. The molecule has 1 aliphatic carbocycles. The SMILES string of the molecule is COc1nc2c(cc1C(=O)N(C)Cc1ccc(-n3cccn3)cc1)CCC2. The van der Waals surface area contributed by atoms with Crippen molar-refractivity contribution in [3.8, 4) is 11.6 Å². The van der Waals surface area contributed by atoms with Crippen LogP contribution in [0, 0.1) is 0 Å². The van der Waals surface area contributed by atoms with E-state index in [2.05, 4.69) is 10.1 Å². The predicted molar refractivity (Wildman–Crippen MR) is 102 cm³/mol. The number of hydrogen-bond acceptors (Lipinski definition) is 4. The molecule has 1 aliphatic rings. The second-order valence-corrected chi connectivity index (χ2v) is 6.78. The van der Waals surface area contributed by atoms with Crippen molar-refractivity contribution in [1.29, 1.82) is 0 Å². The fourth-order valence-electron chi connectivity index (χ4n) is 3.49. The molecule has 4 rings (SSSR count). The zero-order chi connectivity index (χ0) is 18.8. The summed E-state index contributed by atoms with van der Waals surface area (Å²) in [5.41, 5.74) is 4.79. The van der Waals surface area contributed by atoms with Gasteiger partial charge in [-0.25, -0.2) is 9.67 Å². The fraction of sp³-hybridized carbons (Fsp3) is 0.286. The largest absolute Gasteiger partial charge is 0.480 e. The molecule has 0 unspecified atom stereocenters. The van der Waals surface area contributed by atoms with Crippen molar-refractivity contribution in [1.82, 2.24) is 19.7 Å². The van der Waals surface area contributed by atoms with E-state index in [-0.39, 0.29) is 5.91 Å². The topological polar surface area (TPSA) is 60.2 Å². The minimum absolute atomic E-state index is 0.0785. The predicted octanol–water partition coefficient (Wildman–Crippen LogP) is 3.04. The normalized spacial score (nSPS) is 12.7. The highest BCUT2D eigenvalue weighted by molar-refractivity contribution is 5.96. The zero-order valence-corrected chi connectivity index (χ0v) is 15.6. The Balaban J connectivity index is 1.51. The molecule has 0 fully saturated rings. The molecule has 0 atom stereocenters. The molecule has 0 saturated heterocycles. The molecule has 138 valence electrons. The van der Waals surface area contributed by atoms with E-state index in [1.807, 2.05) is 42.6 Å². The van der Waals surface area contributed by atoms with Gasteiger partial charge < -0.3 is 9.64 Å². The van der Waals surface area contributed by atoms with Crippen LogP contribution in [-0.4, -0.2) is 39.7 Å². The van der Waals surface area contributed by atoms with Crippen molar-refractivity contribution in [2.24, 2.45) is 0 Å². The number of carbonyl (C=O) groups excluding carboxylic acids is 1. The van der Waals surface area contributed by atoms with E-state index < -0.39 is 0 Å². The quantitative estimate of drug-likeness (QED) is 0.700. The zero-order valence-electron chi connectivity index (χ0n) is 15.6. The first kappa shape index (κ1) is 17.3. The Labute approximate surface area is 158 Å². The van der Waals surface area contributed by atoms with Gasteiger partial charge in [0, 0.05) is 31.7 Å². The molecule has 0 N–H and O–H groups in total. The highest BCUT2D eigenvalue weighted by atomic mass is 16.5. The number of nitrogens with zero attached hydrogens (tertiary/aromatic N) is 4. The van der Waals surface area contributed by atoms with E-state index in [0.717, 1.165) is 41.8 Å². The van der Waals surface area contributed by atoms with Crippen LogP contribution in [0.3, 0.4) is 0 Å². The van der Waals surface area contributed by atoms with Crippen LogP contribution in [-0.2, 0) is 19.4 Å². The molecular formula is C21H22N4O2. The molecule has 2 aromatic heterocycles. The average molecular weight is 362 g/mol. The number of amides is 1. The van der Waals surface area contributed by atoms with Gasteiger partial charge in [-0.05, 0) is 54.7 Å². The Morgan fingerprint density at radius 3 is 2.78 bits per heavy atom. The second kappa shape index (κ2) is 7.23. The maximum absolute atomic E-state index is 13.0. The Bertz CT molecular complexity index is 949. The monoisotopic (exact) mass is 362 g/mol. The van der Waals surface area contributed by atoms with E-state index in [1.165, 1.54) is 0 Å². The number of methoxy groups -OCH3 is 1. The Kier molecular flexibility index (Phi) is 4.62. The van der Waals surface area contributed by atoms with Gasteiger partial charge in [-0.2, -0.15) is 5.10 Å². The lowest BCUT2D eigenvalue weighted by atomic mass is 10.1. The molecule has 27 heavy (non-hydrogen) atoms. The summed E-state index contributed by atoms with van der Waals surface area (Å²) < 4.78 is 7.19. The maximum atomic E-state index is 13.0. The van der Waals surface area contributed by atoms with Crippen LogP contribution in [0.5, 0.6) is 5.88 Å². The molecule has 1 aromatic carbocycles. The first-order valence-electron chi connectivity index (χ1n) is 9.07. The molecule has 0 bridgehead atoms. The number of rotatable bonds is 5. The average Bonchev–Trinajstić information content (AvgIpc) is 3.38. The Hall–Kier alpha value is -3.15. The van der Waals surface area contributed by atoms with Crippen molar-refractivity contribution in [3.05, 3.63) is 71.2 Å². The Morgan fingerprint density at radius 2 is 2.07 bits per heavy atom. The lowest BCUT2D eigenvalue weighted by molar-refractivity contribution is 0.0780. The molecule has 0 aliphatic heterocycles. The van der Waals surface area contributed by atoms with Crippen molar-refractivity contribution in [3.63, 3.8) is 0 Å². The summed E-state index contributed by atoms with van der Waals surface area (Å²) >= 11 is 0. The van der Waals surface area contributed by atoms with E-state index in [1.54, 1.807) is 29.9 Å². The third kappa shape index (κ3) is 3.43. The van der Waals surface area contributed by atoms with Crippen LogP contribution < -0.4 is 4.74 Å². The number of fused-ring (bicyclic) bond motifs is 1. The summed E-state index contributed by atoms with van der Waals surface area (Å²) in [7, 11) is 3.37. The molecule has 0 radical (unpaired) electrons. The summed E-state index contributed by atoms with van der Waals surface area (Å²) in [6, 6.07) is 11.9. The van der Waals surface area contributed by atoms with Crippen LogP contribution in [0.1, 0.15) is 33.6 Å². The summed E-state index contributed by atoms with van der Waals surface area (Å²) in [5, 5.41) is 4.22. The van der Waals surface area contributed by atoms with Crippen LogP contribution in [0.25, 0.3) is 5.69 Å². The number of aryl methyl sites for hydroxylation is 2. The number of hydrogen-bond donors (Lipinski definition) is 0. The van der Waals surface area contributed by atoms with Gasteiger partial charge in [-0.15, -0.1) is 0 Å². The van der Waals surface area contributed by atoms with Gasteiger partial charge in [0.05, 0.1) is 12.8 Å². The number of ether oxygens (including phenoxy) is 1. The van der Waals surface area contributed by atoms with Gasteiger partial charge in [0.25, 0.3) is 5.91 Å². The second-order valence-electron chi connectivity index (χ2n) is 6.78. The molecule has 0 spiro atoms. The van der Waals surface area contributed by atoms with Crippen molar-refractivity contribution >= 4 is 5.91 Å². The van der Waals surface area contributed by atoms with Crippen molar-refractivity contribution < 1.29 is 9.53 Å². The maximum Gasteiger partial charge on any atom is 0.259 e. The van der Waals surface area contributed by atoms with Crippen LogP contribution in [0.4, 0.5) is 0 Å². The molecule has 3 aromatic rings. The van der Waals surface area contributed by atoms with Crippen LogP contribution >= 0.6 is 0 Å². The first-order chi connectivity index (χ1) is 13.2. The van der Waals surface area contributed by atoms with E-state index in [9.17, 15) is 4.79 Å². The highest BCUT2D eigenvalue weighted by Gasteiger charge is 2.23. The number of carbonyl (C=O) groups is 1. The number of benzene rings is 1. The molecule has 6 heteroatoms. The molecule has 0 saturated carbocycles. The van der Waals surface area contributed by atoms with Crippen LogP contribution in [0.15, 0.2) is 48.8 Å². The molecule has 6 nitrogen and oxygen atoms in total. The fourth-order valence-corrected chi connectivity index (χ4v) is 3.49. The minimum Gasteiger partial charge on any atom is -0.480 e. The van der Waals surface area contributed by atoms with E-state index in [0.29, 0.717) is 18.0 Å². The smallest absolute Gasteiger partial charge is 0.259 e. The summed E-state index contributed by atoms with van der Waals surface area (Å²) in [4.78, 5) is 19.2. The third-order valence-electron chi connectivity index (χ3n) is 4.91. The first-order valence-corrected chi connectivity index (χ1v) is 9.07. The van der Waals surface area contributed by atoms with E-state index in [4.69, 9.17) is 4.74 Å². The Morgan fingerprint density at radius 1 is 1.26 bits per heavy atom. The minimum atomic E-state index is -0.0785. The van der Waals surface area contributed by atoms with E-state index >= 15 is 0 Å². The van der Waals surface area contributed by atoms with Gasteiger partial charge in [0.2, 0.25) is 5.88 Å². The summed E-state index contributed by atoms with van der Waals surface area (Å²) in [5.74, 6) is 0.340. The highest BCUT2D eigenvalue weighted by Crippen LogP contribution is 2.27. The molecule has 1 amide bonds. The molecular weight excluding hydrogens is 340 g/mol. The van der Waals surface area contributed by atoms with Gasteiger partial charge >= 0.3 is 0 Å². The standard InChI is InChI=1S/C21H22N4O2/c1-24(14-15-7-9-17(10-8-15)25-12-4-11-22-25)21(26)18-13-16-5-3-6-19(16)23-20(18)27-2/h4,7-13H,3,5-6,14H2,1-2H3. The number of pyridine rings is 1. The van der Waals surface area contributed by atoms with Crippen molar-refractivity contribution in [2.75, 3.05) is 14.2 Å². The van der Waals surface area contributed by atoms with Crippen LogP contribution in [0.2, 0.25) is 0 Å². The number of aromatic nitrogens is 3. The van der Waals surface area contributed by atoms with Gasteiger partial charge in [-0.1, -0.05) is 12.1 Å². The summed E-state index contributed by atoms with van der Waals surface area (Å²) in [6.45, 7) is 0.512. The lowest BCUT2D eigenvalue weighted by Crippen LogP contribution is -2.27. The van der Waals surface area contributed by atoms with Gasteiger partial charge in [0.1, 0.15) is 5.56 Å². The van der Waals surface area contributed by atoms with Gasteiger partial charge in [0.15, 0.2) is 0 Å². The van der Waals surface area contributed by atoms with Gasteiger partial charge in [-0.3, -0.25) is 4.79 Å². The summed E-state index contributed by atoms with van der Waals surface area (Å²) in [6.07, 6.45) is 6.67. The third-order valence-corrected chi connectivity index (χ3v) is 4.91. The van der Waals surface area contributed by atoms with Crippen molar-refractivity contribution in [2.45, 2.75) is 25.8 Å². The lowest BCUT2D eigenvalue weighted by Gasteiger charge is -2.19.